The molecular formula is C22H13ClN2O. The number of nitriles is 1. The van der Waals surface area contributed by atoms with E-state index in [-0.39, 0.29) is 5.78 Å². The van der Waals surface area contributed by atoms with Crippen LogP contribution in [0.1, 0.15) is 21.6 Å². The Bertz CT molecular complexity index is 1170. The monoisotopic (exact) mass is 356 g/mol. The molecule has 2 aromatic heterocycles. The molecular weight excluding hydrogens is 344 g/mol. The Morgan fingerprint density at radius 2 is 1.73 bits per heavy atom. The molecule has 2 heterocycles. The van der Waals surface area contributed by atoms with Crippen molar-refractivity contribution in [2.24, 2.45) is 0 Å². The standard InChI is InChI=1S/C22H13ClN2O/c23-17-10-6-9-16(13-17)20-18-11-4-5-12-25(18)19(14-24)21(20)22(26)15-7-2-1-3-8-15/h1-13H. The molecule has 4 heteroatoms. The Kier molecular flexibility index (Phi) is 4.04. The third-order valence-electron chi connectivity index (χ3n) is 4.33. The number of benzene rings is 2. The molecule has 0 bridgehead atoms. The van der Waals surface area contributed by atoms with Crippen LogP contribution < -0.4 is 0 Å². The molecule has 0 aliphatic heterocycles. The van der Waals surface area contributed by atoms with Crippen LogP contribution in [0.25, 0.3) is 16.6 Å². The van der Waals surface area contributed by atoms with Gasteiger partial charge in [-0.05, 0) is 29.8 Å². The van der Waals surface area contributed by atoms with Crippen LogP contribution in [0.3, 0.4) is 0 Å². The van der Waals surface area contributed by atoms with Crippen molar-refractivity contribution in [2.75, 3.05) is 0 Å². The summed E-state index contributed by atoms with van der Waals surface area (Å²) < 4.78 is 1.76. The van der Waals surface area contributed by atoms with E-state index in [0.29, 0.717) is 21.8 Å². The molecule has 0 spiro atoms. The lowest BCUT2D eigenvalue weighted by atomic mass is 9.95. The van der Waals surface area contributed by atoms with Gasteiger partial charge in [-0.25, -0.2) is 0 Å². The zero-order valence-electron chi connectivity index (χ0n) is 13.7. The summed E-state index contributed by atoms with van der Waals surface area (Å²) in [5.41, 5.74) is 3.59. The quantitative estimate of drug-likeness (QED) is 0.464. The summed E-state index contributed by atoms with van der Waals surface area (Å²) in [6.45, 7) is 0. The highest BCUT2D eigenvalue weighted by Crippen LogP contribution is 2.35. The number of hydrogen-bond donors (Lipinski definition) is 0. The SMILES string of the molecule is N#Cc1c(C(=O)c2ccccc2)c(-c2cccc(Cl)c2)c2ccccn12. The minimum atomic E-state index is -0.180. The maximum atomic E-state index is 13.3. The number of rotatable bonds is 3. The minimum absolute atomic E-state index is 0.180. The van der Waals surface area contributed by atoms with Crippen molar-refractivity contribution >= 4 is 22.9 Å². The Balaban J connectivity index is 2.10. The fourth-order valence-corrected chi connectivity index (χ4v) is 3.40. The van der Waals surface area contributed by atoms with E-state index in [1.807, 2.05) is 54.6 Å². The average Bonchev–Trinajstić information content (AvgIpc) is 3.02. The molecule has 0 atom stereocenters. The zero-order chi connectivity index (χ0) is 18.1. The van der Waals surface area contributed by atoms with Gasteiger partial charge in [0.25, 0.3) is 0 Å². The van der Waals surface area contributed by atoms with Crippen LogP contribution in [0.5, 0.6) is 0 Å². The van der Waals surface area contributed by atoms with Crippen LogP contribution in [-0.2, 0) is 0 Å². The fourth-order valence-electron chi connectivity index (χ4n) is 3.21. The van der Waals surface area contributed by atoms with E-state index < -0.39 is 0 Å². The smallest absolute Gasteiger partial charge is 0.196 e. The molecule has 124 valence electrons. The number of hydrogen-bond acceptors (Lipinski definition) is 2. The van der Waals surface area contributed by atoms with Crippen LogP contribution in [-0.4, -0.2) is 10.2 Å². The summed E-state index contributed by atoms with van der Waals surface area (Å²) in [4.78, 5) is 13.3. The molecule has 0 N–H and O–H groups in total. The third kappa shape index (κ3) is 2.57. The van der Waals surface area contributed by atoms with Gasteiger partial charge in [0.2, 0.25) is 0 Å². The Labute approximate surface area is 155 Å². The maximum absolute atomic E-state index is 13.3. The van der Waals surface area contributed by atoms with E-state index in [0.717, 1.165) is 16.6 Å². The average molecular weight is 357 g/mol. The Morgan fingerprint density at radius 3 is 2.46 bits per heavy atom. The molecule has 0 saturated heterocycles. The van der Waals surface area contributed by atoms with E-state index in [4.69, 9.17) is 11.6 Å². The second-order valence-electron chi connectivity index (χ2n) is 5.87. The van der Waals surface area contributed by atoms with E-state index >= 15 is 0 Å². The predicted molar refractivity (Wildman–Crippen MR) is 102 cm³/mol. The molecule has 3 nitrogen and oxygen atoms in total. The lowest BCUT2D eigenvalue weighted by Crippen LogP contribution is -2.04. The van der Waals surface area contributed by atoms with Crippen LogP contribution in [0.15, 0.2) is 79.0 Å². The molecule has 4 rings (SSSR count). The molecule has 0 unspecified atom stereocenters. The van der Waals surface area contributed by atoms with Crippen molar-refractivity contribution in [3.05, 3.63) is 101 Å². The lowest BCUT2D eigenvalue weighted by Gasteiger charge is -2.06. The number of ketones is 1. The largest absolute Gasteiger partial charge is 0.307 e. The van der Waals surface area contributed by atoms with E-state index in [1.165, 1.54) is 0 Å². The van der Waals surface area contributed by atoms with Gasteiger partial charge in [0, 0.05) is 22.3 Å². The molecule has 0 fully saturated rings. The highest BCUT2D eigenvalue weighted by atomic mass is 35.5. The molecule has 2 aromatic carbocycles. The second kappa shape index (κ2) is 6.51. The molecule has 26 heavy (non-hydrogen) atoms. The number of aromatic nitrogens is 1. The Morgan fingerprint density at radius 1 is 0.962 bits per heavy atom. The molecule has 0 amide bonds. The number of fused-ring (bicyclic) bond motifs is 1. The first-order valence-corrected chi connectivity index (χ1v) is 8.47. The summed E-state index contributed by atoms with van der Waals surface area (Å²) in [5.74, 6) is -0.180. The topological polar surface area (TPSA) is 45.3 Å². The molecule has 0 aliphatic rings. The third-order valence-corrected chi connectivity index (χ3v) is 4.56. The number of carbonyl (C=O) groups excluding carboxylic acids is 1. The summed E-state index contributed by atoms with van der Waals surface area (Å²) in [7, 11) is 0. The summed E-state index contributed by atoms with van der Waals surface area (Å²) in [6, 6.07) is 24.2. The summed E-state index contributed by atoms with van der Waals surface area (Å²) >= 11 is 6.18. The summed E-state index contributed by atoms with van der Waals surface area (Å²) in [6.07, 6.45) is 1.80. The minimum Gasteiger partial charge on any atom is -0.307 e. The van der Waals surface area contributed by atoms with Gasteiger partial charge in [0.1, 0.15) is 11.8 Å². The molecule has 0 aliphatic carbocycles. The van der Waals surface area contributed by atoms with Crippen molar-refractivity contribution in [3.8, 4) is 17.2 Å². The van der Waals surface area contributed by atoms with Gasteiger partial charge in [-0.1, -0.05) is 60.1 Å². The first-order valence-electron chi connectivity index (χ1n) is 8.09. The van der Waals surface area contributed by atoms with E-state index in [1.54, 1.807) is 28.8 Å². The number of nitrogens with zero attached hydrogens (tertiary/aromatic N) is 2. The molecule has 0 saturated carbocycles. The van der Waals surface area contributed by atoms with Gasteiger partial charge in [-0.2, -0.15) is 5.26 Å². The predicted octanol–water partition coefficient (Wildman–Crippen LogP) is 5.36. The zero-order valence-corrected chi connectivity index (χ0v) is 14.4. The highest BCUT2D eigenvalue weighted by molar-refractivity contribution is 6.31. The maximum Gasteiger partial charge on any atom is 0.196 e. The fraction of sp³-hybridized carbons (Fsp3) is 0. The van der Waals surface area contributed by atoms with Crippen LogP contribution in [0, 0.1) is 11.3 Å². The molecule has 0 radical (unpaired) electrons. The van der Waals surface area contributed by atoms with Crippen LogP contribution >= 0.6 is 11.6 Å². The Hall–Kier alpha value is -3.35. The van der Waals surface area contributed by atoms with Gasteiger partial charge in [-0.15, -0.1) is 0 Å². The molecule has 4 aromatic rings. The second-order valence-corrected chi connectivity index (χ2v) is 6.31. The van der Waals surface area contributed by atoms with Gasteiger partial charge >= 0.3 is 0 Å². The normalized spacial score (nSPS) is 10.6. The van der Waals surface area contributed by atoms with Crippen LogP contribution in [0.4, 0.5) is 0 Å². The highest BCUT2D eigenvalue weighted by Gasteiger charge is 2.25. The lowest BCUT2D eigenvalue weighted by molar-refractivity contribution is 0.103. The van der Waals surface area contributed by atoms with Gasteiger partial charge in [0.15, 0.2) is 5.78 Å². The van der Waals surface area contributed by atoms with Crippen LogP contribution in [0.2, 0.25) is 5.02 Å². The first-order chi connectivity index (χ1) is 12.7. The van der Waals surface area contributed by atoms with Gasteiger partial charge < -0.3 is 4.40 Å². The van der Waals surface area contributed by atoms with Gasteiger partial charge in [-0.3, -0.25) is 4.79 Å². The number of pyridine rings is 1. The van der Waals surface area contributed by atoms with Crippen molar-refractivity contribution in [2.45, 2.75) is 0 Å². The van der Waals surface area contributed by atoms with Crippen molar-refractivity contribution < 1.29 is 4.79 Å². The number of halogens is 1. The van der Waals surface area contributed by atoms with Crippen molar-refractivity contribution in [1.29, 1.82) is 5.26 Å². The summed E-state index contributed by atoms with van der Waals surface area (Å²) in [5, 5.41) is 10.4. The van der Waals surface area contributed by atoms with Crippen molar-refractivity contribution in [3.63, 3.8) is 0 Å². The number of carbonyl (C=O) groups is 1. The van der Waals surface area contributed by atoms with E-state index in [2.05, 4.69) is 6.07 Å². The van der Waals surface area contributed by atoms with Gasteiger partial charge in [0.05, 0.1) is 11.1 Å². The first kappa shape index (κ1) is 16.1. The van der Waals surface area contributed by atoms with Crippen molar-refractivity contribution in [1.82, 2.24) is 4.40 Å². The van der Waals surface area contributed by atoms with E-state index in [9.17, 15) is 10.1 Å².